The molecule has 146 valence electrons. The highest BCUT2D eigenvalue weighted by molar-refractivity contribution is 5.89. The van der Waals surface area contributed by atoms with Gasteiger partial charge in [-0.15, -0.1) is 0 Å². The number of fused-ring (bicyclic) bond motifs is 1. The second kappa shape index (κ2) is 9.10. The van der Waals surface area contributed by atoms with Crippen LogP contribution in [0, 0.1) is 5.92 Å². The van der Waals surface area contributed by atoms with E-state index in [-0.39, 0.29) is 11.8 Å². The molecule has 7 nitrogen and oxygen atoms in total. The van der Waals surface area contributed by atoms with Crippen molar-refractivity contribution in [1.82, 2.24) is 19.8 Å². The highest BCUT2D eigenvalue weighted by Crippen LogP contribution is 2.21. The zero-order chi connectivity index (χ0) is 19.2. The van der Waals surface area contributed by atoms with Crippen LogP contribution < -0.4 is 5.32 Å². The lowest BCUT2D eigenvalue weighted by atomic mass is 10.1. The van der Waals surface area contributed by atoms with Gasteiger partial charge in [0, 0.05) is 25.6 Å². The van der Waals surface area contributed by atoms with Crippen LogP contribution >= 0.6 is 0 Å². The Morgan fingerprint density at radius 2 is 2.07 bits per heavy atom. The number of aromatic nitrogens is 2. The Kier molecular flexibility index (Phi) is 6.58. The highest BCUT2D eigenvalue weighted by atomic mass is 16.5. The summed E-state index contributed by atoms with van der Waals surface area (Å²) in [5.41, 5.74) is 0.891. The van der Waals surface area contributed by atoms with Crippen molar-refractivity contribution in [3.05, 3.63) is 30.1 Å². The molecule has 2 aromatic rings. The molecular formula is C20H29N5O2. The minimum absolute atomic E-state index is 0.0425. The number of hydrogen-bond acceptors (Lipinski definition) is 6. The fraction of sp³-hybridized carbons (Fsp3) is 0.550. The van der Waals surface area contributed by atoms with Crippen molar-refractivity contribution < 1.29 is 9.53 Å². The summed E-state index contributed by atoms with van der Waals surface area (Å²) in [5, 5.41) is 4.44. The van der Waals surface area contributed by atoms with E-state index in [0.717, 1.165) is 42.7 Å². The minimum atomic E-state index is -0.0425. The quantitative estimate of drug-likeness (QED) is 0.716. The summed E-state index contributed by atoms with van der Waals surface area (Å²) in [6, 6.07) is 7.97. The van der Waals surface area contributed by atoms with Crippen LogP contribution in [0.25, 0.3) is 10.9 Å². The molecule has 1 aliphatic rings. The molecule has 1 aliphatic heterocycles. The molecule has 1 unspecified atom stereocenters. The molecule has 0 radical (unpaired) electrons. The third-order valence-corrected chi connectivity index (χ3v) is 4.76. The number of ether oxygens (including phenoxy) is 1. The van der Waals surface area contributed by atoms with Crippen molar-refractivity contribution >= 4 is 22.6 Å². The average molecular weight is 371 g/mol. The van der Waals surface area contributed by atoms with Gasteiger partial charge in [-0.3, -0.25) is 4.79 Å². The van der Waals surface area contributed by atoms with E-state index in [0.29, 0.717) is 25.6 Å². The van der Waals surface area contributed by atoms with E-state index < -0.39 is 0 Å². The molecule has 1 saturated heterocycles. The molecule has 0 saturated carbocycles. The summed E-state index contributed by atoms with van der Waals surface area (Å²) >= 11 is 0. The first-order valence-corrected chi connectivity index (χ1v) is 9.51. The Morgan fingerprint density at radius 3 is 2.81 bits per heavy atom. The summed E-state index contributed by atoms with van der Waals surface area (Å²) in [6.07, 6.45) is 1.82. The number of nitrogens with one attached hydrogen (secondary N) is 1. The number of rotatable bonds is 8. The van der Waals surface area contributed by atoms with Crippen molar-refractivity contribution in [1.29, 1.82) is 0 Å². The van der Waals surface area contributed by atoms with Crippen LogP contribution in [0.15, 0.2) is 24.3 Å². The predicted octanol–water partition coefficient (Wildman–Crippen LogP) is 1.99. The minimum Gasteiger partial charge on any atom is -0.381 e. The Bertz CT molecular complexity index is 774. The van der Waals surface area contributed by atoms with Gasteiger partial charge in [-0.25, -0.2) is 9.97 Å². The molecule has 1 aromatic heterocycles. The number of anilines is 1. The van der Waals surface area contributed by atoms with Crippen LogP contribution in [-0.4, -0.2) is 73.1 Å². The van der Waals surface area contributed by atoms with E-state index in [1.54, 1.807) is 4.90 Å². The maximum atomic E-state index is 12.5. The van der Waals surface area contributed by atoms with Crippen LogP contribution in [-0.2, 0) is 16.1 Å². The van der Waals surface area contributed by atoms with Gasteiger partial charge in [-0.2, -0.15) is 0 Å². The third kappa shape index (κ3) is 5.14. The topological polar surface area (TPSA) is 70.6 Å². The van der Waals surface area contributed by atoms with E-state index in [4.69, 9.17) is 9.72 Å². The molecule has 1 fully saturated rings. The van der Waals surface area contributed by atoms with Crippen LogP contribution in [0.5, 0.6) is 0 Å². The molecular weight excluding hydrogens is 342 g/mol. The third-order valence-electron chi connectivity index (χ3n) is 4.76. The van der Waals surface area contributed by atoms with Gasteiger partial charge in [0.2, 0.25) is 5.91 Å². The molecule has 0 bridgehead atoms. The monoisotopic (exact) mass is 371 g/mol. The summed E-state index contributed by atoms with van der Waals surface area (Å²) < 4.78 is 5.33. The summed E-state index contributed by atoms with van der Waals surface area (Å²) in [4.78, 5) is 25.8. The normalized spacial score (nSPS) is 16.8. The number of carbonyl (C=O) groups excluding carboxylic acids is 1. The van der Waals surface area contributed by atoms with Crippen LogP contribution in [0.3, 0.4) is 0 Å². The van der Waals surface area contributed by atoms with Gasteiger partial charge in [0.1, 0.15) is 5.82 Å². The first-order valence-electron chi connectivity index (χ1n) is 9.51. The van der Waals surface area contributed by atoms with Gasteiger partial charge >= 0.3 is 0 Å². The Balaban J connectivity index is 1.73. The second-order valence-electron chi connectivity index (χ2n) is 7.34. The average Bonchev–Trinajstić information content (AvgIpc) is 3.19. The number of amides is 1. The van der Waals surface area contributed by atoms with E-state index >= 15 is 0 Å². The zero-order valence-corrected chi connectivity index (χ0v) is 16.4. The van der Waals surface area contributed by atoms with Crippen LogP contribution in [0.1, 0.15) is 18.7 Å². The molecule has 1 atom stereocenters. The predicted molar refractivity (Wildman–Crippen MR) is 107 cm³/mol. The molecule has 0 spiro atoms. The standard InChI is InChI=1S/C20H29N5O2/c1-24(2)11-6-10-21-19-16-7-4-5-8-17(16)22-18(23-19)13-25(3)20(26)15-9-12-27-14-15/h4-5,7-8,15H,6,9-14H2,1-3H3,(H,21,22,23). The summed E-state index contributed by atoms with van der Waals surface area (Å²) in [7, 11) is 5.95. The van der Waals surface area contributed by atoms with Crippen molar-refractivity contribution in [3.63, 3.8) is 0 Å². The van der Waals surface area contributed by atoms with E-state index in [1.807, 2.05) is 31.3 Å². The maximum absolute atomic E-state index is 12.5. The Hall–Kier alpha value is -2.25. The lowest BCUT2D eigenvalue weighted by molar-refractivity contribution is -0.134. The number of nitrogens with zero attached hydrogens (tertiary/aromatic N) is 4. The molecule has 2 heterocycles. The molecule has 3 rings (SSSR count). The molecule has 7 heteroatoms. The van der Waals surface area contributed by atoms with Gasteiger partial charge in [0.15, 0.2) is 5.82 Å². The van der Waals surface area contributed by atoms with Crippen LogP contribution in [0.2, 0.25) is 0 Å². The first kappa shape index (κ1) is 19.5. The van der Waals surface area contributed by atoms with Gasteiger partial charge in [-0.1, -0.05) is 12.1 Å². The number of benzene rings is 1. The van der Waals surface area contributed by atoms with Gasteiger partial charge in [-0.05, 0) is 45.6 Å². The van der Waals surface area contributed by atoms with Gasteiger partial charge < -0.3 is 19.9 Å². The summed E-state index contributed by atoms with van der Waals surface area (Å²) in [6.45, 7) is 3.43. The second-order valence-corrected chi connectivity index (χ2v) is 7.34. The zero-order valence-electron chi connectivity index (χ0n) is 16.4. The molecule has 1 amide bonds. The number of carbonyl (C=O) groups is 1. The van der Waals surface area contributed by atoms with Gasteiger partial charge in [0.05, 0.1) is 24.6 Å². The number of hydrogen-bond donors (Lipinski definition) is 1. The van der Waals surface area contributed by atoms with E-state index in [1.165, 1.54) is 0 Å². The maximum Gasteiger partial charge on any atom is 0.228 e. The van der Waals surface area contributed by atoms with Crippen molar-refractivity contribution in [2.24, 2.45) is 5.92 Å². The molecule has 1 N–H and O–H groups in total. The fourth-order valence-corrected chi connectivity index (χ4v) is 3.26. The Labute approximate surface area is 160 Å². The largest absolute Gasteiger partial charge is 0.381 e. The first-order chi connectivity index (χ1) is 13.0. The lowest BCUT2D eigenvalue weighted by Crippen LogP contribution is -2.33. The molecule has 1 aromatic carbocycles. The van der Waals surface area contributed by atoms with Gasteiger partial charge in [0.25, 0.3) is 0 Å². The van der Waals surface area contributed by atoms with Crippen LogP contribution in [0.4, 0.5) is 5.82 Å². The lowest BCUT2D eigenvalue weighted by Gasteiger charge is -2.20. The number of para-hydroxylation sites is 1. The SMILES string of the molecule is CN(C)CCCNc1nc(CN(C)C(=O)C2CCOC2)nc2ccccc12. The van der Waals surface area contributed by atoms with E-state index in [9.17, 15) is 4.79 Å². The smallest absolute Gasteiger partial charge is 0.228 e. The molecule has 0 aliphatic carbocycles. The van der Waals surface area contributed by atoms with Crippen molar-refractivity contribution in [2.75, 3.05) is 52.8 Å². The van der Waals surface area contributed by atoms with Crippen molar-refractivity contribution in [2.45, 2.75) is 19.4 Å². The molecule has 27 heavy (non-hydrogen) atoms. The highest BCUT2D eigenvalue weighted by Gasteiger charge is 2.26. The van der Waals surface area contributed by atoms with E-state index in [2.05, 4.69) is 29.3 Å². The summed E-state index contributed by atoms with van der Waals surface area (Å²) in [5.74, 6) is 1.54. The fourth-order valence-electron chi connectivity index (χ4n) is 3.26. The Morgan fingerprint density at radius 1 is 1.26 bits per heavy atom. The van der Waals surface area contributed by atoms with Crippen molar-refractivity contribution in [3.8, 4) is 0 Å².